The van der Waals surface area contributed by atoms with Crippen molar-refractivity contribution in [3.63, 3.8) is 0 Å². The van der Waals surface area contributed by atoms with Crippen molar-refractivity contribution in [2.24, 2.45) is 11.3 Å². The molecule has 1 N–H and O–H groups in total. The number of carboxylic acids is 1. The summed E-state index contributed by atoms with van der Waals surface area (Å²) >= 11 is 0. The van der Waals surface area contributed by atoms with E-state index in [2.05, 4.69) is 0 Å². The third kappa shape index (κ3) is 2.80. The number of rotatable bonds is 4. The van der Waals surface area contributed by atoms with E-state index in [4.69, 9.17) is 4.74 Å². The summed E-state index contributed by atoms with van der Waals surface area (Å²) in [7, 11) is 0. The van der Waals surface area contributed by atoms with Crippen molar-refractivity contribution >= 4 is 11.9 Å². The smallest absolute Gasteiger partial charge is 0.310 e. The lowest BCUT2D eigenvalue weighted by Gasteiger charge is -2.40. The highest BCUT2D eigenvalue weighted by atomic mass is 16.5. The van der Waals surface area contributed by atoms with Crippen LogP contribution in [0.1, 0.15) is 51.4 Å². The maximum atomic E-state index is 12.6. The van der Waals surface area contributed by atoms with Crippen LogP contribution in [0.4, 0.5) is 0 Å². The second-order valence-electron chi connectivity index (χ2n) is 6.86. The van der Waals surface area contributed by atoms with Crippen molar-refractivity contribution in [1.29, 1.82) is 0 Å². The Kier molecular flexibility index (Phi) is 4.20. The topological polar surface area (TPSA) is 66.8 Å². The van der Waals surface area contributed by atoms with Crippen molar-refractivity contribution in [3.05, 3.63) is 0 Å². The second-order valence-corrected chi connectivity index (χ2v) is 6.86. The molecule has 0 aromatic carbocycles. The monoisotopic (exact) mass is 295 g/mol. The van der Waals surface area contributed by atoms with Gasteiger partial charge in [0.2, 0.25) is 5.91 Å². The first-order chi connectivity index (χ1) is 10.1. The summed E-state index contributed by atoms with van der Waals surface area (Å²) < 4.78 is 5.41. The van der Waals surface area contributed by atoms with Gasteiger partial charge in [0.25, 0.3) is 0 Å². The van der Waals surface area contributed by atoms with E-state index in [1.54, 1.807) is 0 Å². The molecular formula is C16H25NO4. The number of aliphatic carboxylic acids is 1. The molecule has 3 aliphatic rings. The highest BCUT2D eigenvalue weighted by Crippen LogP contribution is 2.45. The Morgan fingerprint density at radius 2 is 1.86 bits per heavy atom. The molecule has 118 valence electrons. The van der Waals surface area contributed by atoms with Crippen LogP contribution >= 0.6 is 0 Å². The minimum Gasteiger partial charge on any atom is -0.481 e. The van der Waals surface area contributed by atoms with Gasteiger partial charge in [0.05, 0.1) is 5.41 Å². The highest BCUT2D eigenvalue weighted by molar-refractivity contribution is 5.86. The minimum atomic E-state index is -0.788. The molecule has 0 aromatic heterocycles. The summed E-state index contributed by atoms with van der Waals surface area (Å²) in [5.74, 6) is -0.192. The highest BCUT2D eigenvalue weighted by Gasteiger charge is 2.48. The number of carbonyl (C=O) groups is 2. The van der Waals surface area contributed by atoms with Crippen molar-refractivity contribution in [1.82, 2.24) is 4.90 Å². The summed E-state index contributed by atoms with van der Waals surface area (Å²) in [6.07, 6.45) is 6.61. The number of carbonyl (C=O) groups excluding carboxylic acids is 1. The fraction of sp³-hybridized carbons (Fsp3) is 0.875. The van der Waals surface area contributed by atoms with Gasteiger partial charge in [-0.05, 0) is 44.4 Å². The SMILES string of the molecule is O=C(CC1(C(=O)O)CCC1)N1CCCC1C1CCOCC1. The third-order valence-electron chi connectivity index (χ3n) is 5.68. The molecule has 1 atom stereocenters. The van der Waals surface area contributed by atoms with Gasteiger partial charge in [-0.1, -0.05) is 6.42 Å². The van der Waals surface area contributed by atoms with Crippen LogP contribution in [0, 0.1) is 11.3 Å². The zero-order chi connectivity index (χ0) is 14.9. The number of likely N-dealkylation sites (tertiary alicyclic amines) is 1. The summed E-state index contributed by atoms with van der Waals surface area (Å²) in [5, 5.41) is 9.40. The van der Waals surface area contributed by atoms with E-state index in [-0.39, 0.29) is 12.3 Å². The molecule has 21 heavy (non-hydrogen) atoms. The Bertz CT molecular complexity index is 413. The fourth-order valence-corrected chi connectivity index (χ4v) is 4.15. The largest absolute Gasteiger partial charge is 0.481 e. The van der Waals surface area contributed by atoms with Crippen LogP contribution in [0.15, 0.2) is 0 Å². The van der Waals surface area contributed by atoms with Crippen LogP contribution < -0.4 is 0 Å². The van der Waals surface area contributed by atoms with Crippen LogP contribution in [0.2, 0.25) is 0 Å². The quantitative estimate of drug-likeness (QED) is 0.862. The first-order valence-corrected chi connectivity index (χ1v) is 8.23. The van der Waals surface area contributed by atoms with Crippen LogP contribution in [0.5, 0.6) is 0 Å². The predicted molar refractivity (Wildman–Crippen MR) is 76.8 cm³/mol. The first kappa shape index (κ1) is 14.8. The van der Waals surface area contributed by atoms with E-state index in [0.717, 1.165) is 51.9 Å². The zero-order valence-corrected chi connectivity index (χ0v) is 12.6. The second kappa shape index (κ2) is 5.95. The molecule has 2 saturated heterocycles. The van der Waals surface area contributed by atoms with Crippen LogP contribution in [-0.2, 0) is 14.3 Å². The van der Waals surface area contributed by atoms with Gasteiger partial charge < -0.3 is 14.7 Å². The van der Waals surface area contributed by atoms with Gasteiger partial charge >= 0.3 is 5.97 Å². The standard InChI is InChI=1S/C16H25NO4/c18-14(11-16(15(19)20)6-2-7-16)17-8-1-3-13(17)12-4-9-21-10-5-12/h12-13H,1-11H2,(H,19,20). The number of hydrogen-bond acceptors (Lipinski definition) is 3. The Morgan fingerprint density at radius 3 is 2.43 bits per heavy atom. The van der Waals surface area contributed by atoms with Gasteiger partial charge in [0, 0.05) is 32.2 Å². The molecule has 3 rings (SSSR count). The van der Waals surface area contributed by atoms with E-state index >= 15 is 0 Å². The van der Waals surface area contributed by atoms with Gasteiger partial charge in [-0.25, -0.2) is 0 Å². The van der Waals surface area contributed by atoms with Crippen LogP contribution in [0.25, 0.3) is 0 Å². The first-order valence-electron chi connectivity index (χ1n) is 8.23. The average Bonchev–Trinajstić information content (AvgIpc) is 2.92. The average molecular weight is 295 g/mol. The Hall–Kier alpha value is -1.10. The van der Waals surface area contributed by atoms with Crippen molar-refractivity contribution in [2.75, 3.05) is 19.8 Å². The van der Waals surface area contributed by atoms with Crippen molar-refractivity contribution < 1.29 is 19.4 Å². The summed E-state index contributed by atoms with van der Waals surface area (Å²) in [5.41, 5.74) is -0.764. The van der Waals surface area contributed by atoms with Gasteiger partial charge in [0.1, 0.15) is 0 Å². The van der Waals surface area contributed by atoms with Crippen LogP contribution in [0.3, 0.4) is 0 Å². The van der Waals surface area contributed by atoms with E-state index < -0.39 is 11.4 Å². The molecule has 1 amide bonds. The Balaban J connectivity index is 1.64. The number of nitrogens with zero attached hydrogens (tertiary/aromatic N) is 1. The molecular weight excluding hydrogens is 270 g/mol. The molecule has 1 aliphatic carbocycles. The maximum absolute atomic E-state index is 12.6. The Labute approximate surface area is 125 Å². The summed E-state index contributed by atoms with van der Waals surface area (Å²) in [6.45, 7) is 2.39. The van der Waals surface area contributed by atoms with Crippen LogP contribution in [-0.4, -0.2) is 47.7 Å². The van der Waals surface area contributed by atoms with E-state index in [0.29, 0.717) is 24.8 Å². The minimum absolute atomic E-state index is 0.0612. The normalized spacial score (nSPS) is 29.1. The maximum Gasteiger partial charge on any atom is 0.310 e. The molecule has 0 aromatic rings. The zero-order valence-electron chi connectivity index (χ0n) is 12.6. The number of carboxylic acid groups (broad SMARTS) is 1. The molecule has 5 nitrogen and oxygen atoms in total. The van der Waals surface area contributed by atoms with E-state index in [1.165, 1.54) is 0 Å². The van der Waals surface area contributed by atoms with E-state index in [9.17, 15) is 14.7 Å². The molecule has 2 aliphatic heterocycles. The predicted octanol–water partition coefficient (Wildman–Crippen LogP) is 2.05. The molecule has 0 radical (unpaired) electrons. The van der Waals surface area contributed by atoms with Gasteiger partial charge in [-0.2, -0.15) is 0 Å². The number of amides is 1. The molecule has 0 bridgehead atoms. The van der Waals surface area contributed by atoms with Crippen molar-refractivity contribution in [3.8, 4) is 0 Å². The number of hydrogen-bond donors (Lipinski definition) is 1. The lowest BCUT2D eigenvalue weighted by atomic mass is 9.66. The van der Waals surface area contributed by atoms with Gasteiger partial charge in [0.15, 0.2) is 0 Å². The molecule has 1 unspecified atom stereocenters. The summed E-state index contributed by atoms with van der Waals surface area (Å²) in [4.78, 5) is 26.1. The lowest BCUT2D eigenvalue weighted by Crippen LogP contribution is -2.47. The lowest BCUT2D eigenvalue weighted by molar-refractivity contribution is -0.160. The van der Waals surface area contributed by atoms with Gasteiger partial charge in [-0.15, -0.1) is 0 Å². The molecule has 1 saturated carbocycles. The van der Waals surface area contributed by atoms with Crippen molar-refractivity contribution in [2.45, 2.75) is 57.4 Å². The molecule has 0 spiro atoms. The third-order valence-corrected chi connectivity index (χ3v) is 5.68. The molecule has 5 heteroatoms. The fourth-order valence-electron chi connectivity index (χ4n) is 4.15. The number of ether oxygens (including phenoxy) is 1. The van der Waals surface area contributed by atoms with E-state index in [1.807, 2.05) is 4.90 Å². The Morgan fingerprint density at radius 1 is 1.14 bits per heavy atom. The molecule has 2 heterocycles. The molecule has 3 fully saturated rings. The summed E-state index contributed by atoms with van der Waals surface area (Å²) in [6, 6.07) is 0.312. The van der Waals surface area contributed by atoms with Gasteiger partial charge in [-0.3, -0.25) is 9.59 Å².